The Balaban J connectivity index is 1.51. The van der Waals surface area contributed by atoms with Gasteiger partial charge in [0.05, 0.1) is 0 Å². The molecule has 116 valence electrons. The molecule has 2 aliphatic carbocycles. The normalized spacial score (nSPS) is 19.6. The largest absolute Gasteiger partial charge is 0.310 e. The lowest BCUT2D eigenvalue weighted by atomic mass is 10.1. The van der Waals surface area contributed by atoms with Gasteiger partial charge in [-0.1, -0.05) is 40.9 Å². The predicted octanol–water partition coefficient (Wildman–Crippen LogP) is 4.32. The first-order valence-electron chi connectivity index (χ1n) is 8.40. The Hall–Kier alpha value is -0.380. The van der Waals surface area contributed by atoms with Crippen LogP contribution in [0.2, 0.25) is 0 Å². The summed E-state index contributed by atoms with van der Waals surface area (Å²) >= 11 is 3.76. The van der Waals surface area contributed by atoms with Crippen LogP contribution in [-0.4, -0.2) is 24.5 Å². The summed E-state index contributed by atoms with van der Waals surface area (Å²) in [7, 11) is 2.26. The van der Waals surface area contributed by atoms with Crippen LogP contribution < -0.4 is 5.32 Å². The molecule has 0 atom stereocenters. The molecule has 0 unspecified atom stereocenters. The average Bonchev–Trinajstić information content (AvgIpc) is 3.16. The van der Waals surface area contributed by atoms with Gasteiger partial charge in [0.1, 0.15) is 0 Å². The van der Waals surface area contributed by atoms with E-state index in [-0.39, 0.29) is 0 Å². The number of rotatable bonds is 7. The van der Waals surface area contributed by atoms with Crippen LogP contribution >= 0.6 is 15.9 Å². The quantitative estimate of drug-likeness (QED) is 0.787. The van der Waals surface area contributed by atoms with Crippen molar-refractivity contribution in [2.75, 3.05) is 13.6 Å². The van der Waals surface area contributed by atoms with Crippen LogP contribution in [0.4, 0.5) is 0 Å². The fourth-order valence-electron chi connectivity index (χ4n) is 3.37. The first-order valence-corrected chi connectivity index (χ1v) is 9.19. The van der Waals surface area contributed by atoms with Gasteiger partial charge in [-0.15, -0.1) is 0 Å². The molecule has 0 saturated heterocycles. The van der Waals surface area contributed by atoms with E-state index >= 15 is 0 Å². The van der Waals surface area contributed by atoms with E-state index in [1.807, 2.05) is 0 Å². The van der Waals surface area contributed by atoms with Crippen LogP contribution in [0.3, 0.4) is 0 Å². The number of hydrogen-bond acceptors (Lipinski definition) is 2. The van der Waals surface area contributed by atoms with E-state index in [9.17, 15) is 0 Å². The van der Waals surface area contributed by atoms with Crippen molar-refractivity contribution in [3.63, 3.8) is 0 Å². The number of halogens is 1. The van der Waals surface area contributed by atoms with Crippen LogP contribution in [0.15, 0.2) is 22.7 Å². The molecule has 2 nitrogen and oxygen atoms in total. The molecule has 2 aliphatic rings. The highest BCUT2D eigenvalue weighted by molar-refractivity contribution is 9.10. The van der Waals surface area contributed by atoms with Crippen molar-refractivity contribution < 1.29 is 0 Å². The maximum Gasteiger partial charge on any atom is 0.0242 e. The number of hydrogen-bond donors (Lipinski definition) is 1. The molecule has 0 aliphatic heterocycles. The molecule has 0 spiro atoms. The topological polar surface area (TPSA) is 15.3 Å². The molecule has 2 fully saturated rings. The lowest BCUT2D eigenvalue weighted by Crippen LogP contribution is -2.24. The van der Waals surface area contributed by atoms with Gasteiger partial charge in [-0.2, -0.15) is 0 Å². The third-order valence-corrected chi connectivity index (χ3v) is 5.51. The Bertz CT molecular complexity index is 464. The van der Waals surface area contributed by atoms with Gasteiger partial charge in [0, 0.05) is 30.1 Å². The first kappa shape index (κ1) is 15.5. The highest BCUT2D eigenvalue weighted by Crippen LogP contribution is 2.27. The molecule has 0 radical (unpaired) electrons. The minimum absolute atomic E-state index is 0.779. The van der Waals surface area contributed by atoms with Crippen molar-refractivity contribution in [2.24, 2.45) is 5.92 Å². The second-order valence-electron chi connectivity index (χ2n) is 6.93. The number of nitrogens with one attached hydrogen (secondary N) is 1. The minimum atomic E-state index is 0.779. The van der Waals surface area contributed by atoms with E-state index in [1.165, 1.54) is 60.7 Å². The van der Waals surface area contributed by atoms with Gasteiger partial charge >= 0.3 is 0 Å². The molecule has 0 aromatic heterocycles. The molecule has 0 bridgehead atoms. The number of nitrogens with zero attached hydrogens (tertiary/aromatic N) is 1. The van der Waals surface area contributed by atoms with Crippen molar-refractivity contribution in [3.05, 3.63) is 33.8 Å². The lowest BCUT2D eigenvalue weighted by Gasteiger charge is -2.21. The summed E-state index contributed by atoms with van der Waals surface area (Å²) in [6, 6.07) is 7.63. The summed E-state index contributed by atoms with van der Waals surface area (Å²) in [6.07, 6.45) is 8.43. The maximum absolute atomic E-state index is 3.76. The zero-order valence-corrected chi connectivity index (χ0v) is 14.7. The monoisotopic (exact) mass is 350 g/mol. The Morgan fingerprint density at radius 1 is 1.19 bits per heavy atom. The third-order valence-electron chi connectivity index (χ3n) is 4.77. The van der Waals surface area contributed by atoms with Crippen molar-refractivity contribution in [1.29, 1.82) is 0 Å². The Kier molecular flexibility index (Phi) is 5.36. The van der Waals surface area contributed by atoms with Crippen LogP contribution in [0.5, 0.6) is 0 Å². The van der Waals surface area contributed by atoms with E-state index in [0.717, 1.165) is 25.0 Å². The molecule has 0 heterocycles. The molecule has 0 amide bonds. The van der Waals surface area contributed by atoms with Crippen molar-refractivity contribution in [2.45, 2.75) is 57.7 Å². The smallest absolute Gasteiger partial charge is 0.0242 e. The fourth-order valence-corrected chi connectivity index (χ4v) is 3.92. The molecule has 1 N–H and O–H groups in total. The van der Waals surface area contributed by atoms with Gasteiger partial charge in [-0.3, -0.25) is 0 Å². The molecule has 2 saturated carbocycles. The summed E-state index contributed by atoms with van der Waals surface area (Å²) in [5, 5.41) is 3.58. The zero-order valence-electron chi connectivity index (χ0n) is 13.1. The summed E-state index contributed by atoms with van der Waals surface area (Å²) in [5.74, 6) is 0.927. The molecule has 3 heteroatoms. The van der Waals surface area contributed by atoms with E-state index < -0.39 is 0 Å². The highest BCUT2D eigenvalue weighted by atomic mass is 79.9. The van der Waals surface area contributed by atoms with E-state index in [0.29, 0.717) is 0 Å². The van der Waals surface area contributed by atoms with Crippen molar-refractivity contribution in [1.82, 2.24) is 10.2 Å². The maximum atomic E-state index is 3.76. The van der Waals surface area contributed by atoms with E-state index in [4.69, 9.17) is 0 Å². The molecular formula is C18H27BrN2. The van der Waals surface area contributed by atoms with Crippen molar-refractivity contribution in [3.8, 4) is 0 Å². The fraction of sp³-hybridized carbons (Fsp3) is 0.667. The molecule has 1 aromatic carbocycles. The van der Waals surface area contributed by atoms with Gasteiger partial charge in [-0.25, -0.2) is 0 Å². The first-order chi connectivity index (χ1) is 10.2. The van der Waals surface area contributed by atoms with Crippen molar-refractivity contribution >= 4 is 15.9 Å². The number of benzene rings is 1. The summed E-state index contributed by atoms with van der Waals surface area (Å²) < 4.78 is 1.26. The molecular weight excluding hydrogens is 324 g/mol. The second kappa shape index (κ2) is 7.26. The Morgan fingerprint density at radius 2 is 1.95 bits per heavy atom. The Labute approximate surface area is 137 Å². The minimum Gasteiger partial charge on any atom is -0.310 e. The van der Waals surface area contributed by atoms with Crippen LogP contribution in [0, 0.1) is 5.92 Å². The average molecular weight is 351 g/mol. The second-order valence-corrected chi connectivity index (χ2v) is 7.78. The molecule has 3 rings (SSSR count). The van der Waals surface area contributed by atoms with Crippen LogP contribution in [-0.2, 0) is 13.1 Å². The predicted molar refractivity (Wildman–Crippen MR) is 92.3 cm³/mol. The lowest BCUT2D eigenvalue weighted by molar-refractivity contribution is 0.271. The summed E-state index contributed by atoms with van der Waals surface area (Å²) in [5.41, 5.74) is 2.79. The van der Waals surface area contributed by atoms with Gasteiger partial charge in [0.15, 0.2) is 0 Å². The van der Waals surface area contributed by atoms with Crippen LogP contribution in [0.1, 0.15) is 49.7 Å². The van der Waals surface area contributed by atoms with Gasteiger partial charge < -0.3 is 10.2 Å². The zero-order chi connectivity index (χ0) is 14.7. The summed E-state index contributed by atoms with van der Waals surface area (Å²) in [6.45, 7) is 3.30. The summed E-state index contributed by atoms with van der Waals surface area (Å²) in [4.78, 5) is 2.48. The van der Waals surface area contributed by atoms with E-state index in [2.05, 4.69) is 51.4 Å². The standard InChI is InChI=1S/C18H27BrN2/c1-21(12-14-4-2-3-5-14)13-16-7-6-15(10-18(16)19)11-20-17-8-9-17/h6-7,10,14,17,20H,2-5,8-9,11-13H2,1H3. The third kappa shape index (κ3) is 4.80. The van der Waals surface area contributed by atoms with Gasteiger partial charge in [0.25, 0.3) is 0 Å². The van der Waals surface area contributed by atoms with E-state index in [1.54, 1.807) is 0 Å². The van der Waals surface area contributed by atoms with Gasteiger partial charge in [0.2, 0.25) is 0 Å². The molecule has 1 aromatic rings. The van der Waals surface area contributed by atoms with Crippen LogP contribution in [0.25, 0.3) is 0 Å². The SMILES string of the molecule is CN(Cc1ccc(CNC2CC2)cc1Br)CC1CCCC1. The Morgan fingerprint density at radius 3 is 2.62 bits per heavy atom. The molecule has 21 heavy (non-hydrogen) atoms. The highest BCUT2D eigenvalue weighted by Gasteiger charge is 2.20. The van der Waals surface area contributed by atoms with Gasteiger partial charge in [-0.05, 0) is 55.8 Å².